The van der Waals surface area contributed by atoms with Crippen LogP contribution in [0.4, 0.5) is 0 Å². The number of para-hydroxylation sites is 1. The molecule has 2 aromatic rings. The van der Waals surface area contributed by atoms with Gasteiger partial charge in [0.2, 0.25) is 5.91 Å². The number of hydrogen-bond donors (Lipinski definition) is 0. The molecule has 1 aromatic heterocycles. The number of nitrogens with zero attached hydrogens (tertiary/aromatic N) is 4. The van der Waals surface area contributed by atoms with E-state index in [1.54, 1.807) is 20.6 Å². The smallest absolute Gasteiger partial charge is 0.282 e. The van der Waals surface area contributed by atoms with E-state index in [0.29, 0.717) is 32.6 Å². The maximum atomic E-state index is 13.0. The molecule has 1 saturated heterocycles. The van der Waals surface area contributed by atoms with E-state index in [-0.39, 0.29) is 11.9 Å². The van der Waals surface area contributed by atoms with Crippen LogP contribution in [0.1, 0.15) is 37.7 Å². The Labute approximate surface area is 179 Å². The third-order valence-corrected chi connectivity index (χ3v) is 8.74. The molecular weight excluding hydrogens is 400 g/mol. The van der Waals surface area contributed by atoms with E-state index in [1.165, 1.54) is 6.42 Å². The average molecular weight is 433 g/mol. The summed E-state index contributed by atoms with van der Waals surface area (Å²) in [6.07, 6.45) is 7.64. The topological polar surface area (TPSA) is 65.9 Å². The van der Waals surface area contributed by atoms with Crippen molar-refractivity contribution in [2.75, 3.05) is 33.2 Å². The Morgan fingerprint density at radius 1 is 1.07 bits per heavy atom. The summed E-state index contributed by atoms with van der Waals surface area (Å²) in [6, 6.07) is 8.19. The first-order chi connectivity index (χ1) is 14.4. The van der Waals surface area contributed by atoms with Crippen LogP contribution in [0.2, 0.25) is 0 Å². The van der Waals surface area contributed by atoms with Gasteiger partial charge in [-0.1, -0.05) is 37.5 Å². The summed E-state index contributed by atoms with van der Waals surface area (Å²) in [5.41, 5.74) is 2.13. The molecule has 1 aliphatic heterocycles. The molecule has 1 saturated carbocycles. The highest BCUT2D eigenvalue weighted by Gasteiger charge is 2.35. The summed E-state index contributed by atoms with van der Waals surface area (Å²) in [4.78, 5) is 14.7. The minimum atomic E-state index is -3.47. The summed E-state index contributed by atoms with van der Waals surface area (Å²) in [6.45, 7) is 1.62. The SMILES string of the molecule is CN(C1CCCCC1)S(=O)(=O)N1CCN(C(=O)Cc2cn(C)c3ccccc23)CC1. The number of piperazine rings is 1. The Bertz CT molecular complexity index is 1000. The standard InChI is InChI=1S/C22H32N4O3S/c1-23-17-18(20-10-6-7-11-21(20)23)16-22(27)25-12-14-26(15-13-25)30(28,29)24(2)19-8-4-3-5-9-19/h6-7,10-11,17,19H,3-5,8-9,12-16H2,1-2H3. The summed E-state index contributed by atoms with van der Waals surface area (Å²) in [7, 11) is 0.231. The molecule has 8 heteroatoms. The normalized spacial score (nSPS) is 19.6. The molecule has 0 unspecified atom stereocenters. The molecule has 0 N–H and O–H groups in total. The first kappa shape index (κ1) is 21.3. The summed E-state index contributed by atoms with van der Waals surface area (Å²) in [5.74, 6) is 0.0593. The number of rotatable bonds is 5. The van der Waals surface area contributed by atoms with Gasteiger partial charge in [0.1, 0.15) is 0 Å². The van der Waals surface area contributed by atoms with E-state index in [2.05, 4.69) is 6.07 Å². The lowest BCUT2D eigenvalue weighted by molar-refractivity contribution is -0.131. The number of aromatic nitrogens is 1. The van der Waals surface area contributed by atoms with E-state index >= 15 is 0 Å². The zero-order valence-electron chi connectivity index (χ0n) is 18.0. The lowest BCUT2D eigenvalue weighted by Crippen LogP contribution is -2.55. The van der Waals surface area contributed by atoms with Gasteiger partial charge in [-0.05, 0) is 24.5 Å². The summed E-state index contributed by atoms with van der Waals surface area (Å²) < 4.78 is 31.3. The third-order valence-electron chi connectivity index (χ3n) is 6.69. The van der Waals surface area contributed by atoms with E-state index in [9.17, 15) is 13.2 Å². The van der Waals surface area contributed by atoms with Crippen molar-refractivity contribution >= 4 is 27.0 Å². The maximum absolute atomic E-state index is 13.0. The van der Waals surface area contributed by atoms with Crippen molar-refractivity contribution in [3.05, 3.63) is 36.0 Å². The highest BCUT2D eigenvalue weighted by molar-refractivity contribution is 7.86. The molecule has 1 amide bonds. The maximum Gasteiger partial charge on any atom is 0.282 e. The number of carbonyl (C=O) groups excluding carboxylic acids is 1. The fourth-order valence-corrected chi connectivity index (χ4v) is 6.40. The molecule has 0 bridgehead atoms. The van der Waals surface area contributed by atoms with Gasteiger partial charge in [-0.25, -0.2) is 0 Å². The molecule has 1 aromatic carbocycles. The Balaban J connectivity index is 1.37. The number of hydrogen-bond acceptors (Lipinski definition) is 3. The van der Waals surface area contributed by atoms with Crippen LogP contribution in [0, 0.1) is 0 Å². The van der Waals surface area contributed by atoms with Gasteiger partial charge in [-0.3, -0.25) is 4.79 Å². The van der Waals surface area contributed by atoms with Gasteiger partial charge in [0.15, 0.2) is 0 Å². The predicted molar refractivity (Wildman–Crippen MR) is 118 cm³/mol. The molecule has 0 atom stereocenters. The highest BCUT2D eigenvalue weighted by atomic mass is 32.2. The van der Waals surface area contributed by atoms with Crippen molar-refractivity contribution in [1.29, 1.82) is 0 Å². The molecule has 4 rings (SSSR count). The van der Waals surface area contributed by atoms with Crippen molar-refractivity contribution in [3.63, 3.8) is 0 Å². The second kappa shape index (κ2) is 8.69. The predicted octanol–water partition coefficient (Wildman–Crippen LogP) is 2.37. The van der Waals surface area contributed by atoms with Gasteiger partial charge in [-0.15, -0.1) is 0 Å². The Morgan fingerprint density at radius 2 is 1.73 bits per heavy atom. The number of fused-ring (bicyclic) bond motifs is 1. The van der Waals surface area contributed by atoms with Crippen LogP contribution in [-0.2, 0) is 28.5 Å². The second-order valence-electron chi connectivity index (χ2n) is 8.55. The number of amides is 1. The molecule has 30 heavy (non-hydrogen) atoms. The zero-order valence-corrected chi connectivity index (χ0v) is 18.8. The molecule has 7 nitrogen and oxygen atoms in total. The number of carbonyl (C=O) groups is 1. The summed E-state index contributed by atoms with van der Waals surface area (Å²) >= 11 is 0. The van der Waals surface area contributed by atoms with Crippen LogP contribution in [-0.4, -0.2) is 71.7 Å². The van der Waals surface area contributed by atoms with Gasteiger partial charge in [-0.2, -0.15) is 17.0 Å². The van der Waals surface area contributed by atoms with Gasteiger partial charge in [0, 0.05) is 63.4 Å². The van der Waals surface area contributed by atoms with E-state index in [0.717, 1.165) is 42.1 Å². The van der Waals surface area contributed by atoms with Crippen LogP contribution in [0.3, 0.4) is 0 Å². The average Bonchev–Trinajstić information content (AvgIpc) is 3.09. The fraction of sp³-hybridized carbons (Fsp3) is 0.591. The highest BCUT2D eigenvalue weighted by Crippen LogP contribution is 2.25. The molecule has 2 aliphatic rings. The largest absolute Gasteiger partial charge is 0.350 e. The number of benzene rings is 1. The first-order valence-electron chi connectivity index (χ1n) is 10.9. The lowest BCUT2D eigenvalue weighted by Gasteiger charge is -2.38. The minimum absolute atomic E-state index is 0.0593. The third kappa shape index (κ3) is 4.13. The van der Waals surface area contributed by atoms with Crippen molar-refractivity contribution in [3.8, 4) is 0 Å². The van der Waals surface area contributed by atoms with Crippen molar-refractivity contribution in [2.45, 2.75) is 44.6 Å². The zero-order chi connectivity index (χ0) is 21.3. The monoisotopic (exact) mass is 432 g/mol. The molecule has 2 fully saturated rings. The van der Waals surface area contributed by atoms with E-state index in [1.807, 2.05) is 36.0 Å². The van der Waals surface area contributed by atoms with Crippen LogP contribution in [0.15, 0.2) is 30.5 Å². The van der Waals surface area contributed by atoms with Crippen molar-refractivity contribution in [2.24, 2.45) is 7.05 Å². The van der Waals surface area contributed by atoms with Crippen molar-refractivity contribution < 1.29 is 13.2 Å². The van der Waals surface area contributed by atoms with Gasteiger partial charge in [0.05, 0.1) is 6.42 Å². The molecule has 164 valence electrons. The summed E-state index contributed by atoms with van der Waals surface area (Å²) in [5, 5.41) is 1.10. The second-order valence-corrected chi connectivity index (χ2v) is 10.5. The number of aryl methyl sites for hydroxylation is 1. The Hall–Kier alpha value is -1.90. The van der Waals surface area contributed by atoms with Crippen LogP contribution < -0.4 is 0 Å². The van der Waals surface area contributed by atoms with Gasteiger partial charge in [0.25, 0.3) is 10.2 Å². The van der Waals surface area contributed by atoms with Gasteiger partial charge >= 0.3 is 0 Å². The van der Waals surface area contributed by atoms with Crippen LogP contribution in [0.25, 0.3) is 10.9 Å². The Morgan fingerprint density at radius 3 is 2.43 bits per heavy atom. The van der Waals surface area contributed by atoms with Crippen LogP contribution >= 0.6 is 0 Å². The van der Waals surface area contributed by atoms with Crippen molar-refractivity contribution in [1.82, 2.24) is 18.1 Å². The molecular formula is C22H32N4O3S. The van der Waals surface area contributed by atoms with Gasteiger partial charge < -0.3 is 9.47 Å². The molecule has 2 heterocycles. The Kier molecular flexibility index (Phi) is 6.18. The molecule has 1 aliphatic carbocycles. The van der Waals surface area contributed by atoms with Crippen LogP contribution in [0.5, 0.6) is 0 Å². The van der Waals surface area contributed by atoms with E-state index in [4.69, 9.17) is 0 Å². The quantitative estimate of drug-likeness (QED) is 0.729. The molecule has 0 radical (unpaired) electrons. The fourth-order valence-electron chi connectivity index (χ4n) is 4.82. The van der Waals surface area contributed by atoms with E-state index < -0.39 is 10.2 Å². The minimum Gasteiger partial charge on any atom is -0.350 e. The lowest BCUT2D eigenvalue weighted by atomic mass is 9.96. The molecule has 0 spiro atoms. The first-order valence-corrected chi connectivity index (χ1v) is 12.3.